The summed E-state index contributed by atoms with van der Waals surface area (Å²) in [6.07, 6.45) is 0.473. The summed E-state index contributed by atoms with van der Waals surface area (Å²) in [6, 6.07) is -0.701. The maximum Gasteiger partial charge on any atom is 0.239 e. The lowest BCUT2D eigenvalue weighted by Gasteiger charge is -2.19. The summed E-state index contributed by atoms with van der Waals surface area (Å²) in [7, 11) is -3.34. The SMILES string of the molecule is CC(C)NS(=O)(=O)C1CCN(C(=O)[C@@H](C)N)C1.Cl. The van der Waals surface area contributed by atoms with Crippen LogP contribution in [0, 0.1) is 0 Å². The molecule has 3 N–H and O–H groups in total. The van der Waals surface area contributed by atoms with Crippen molar-refractivity contribution in [1.29, 1.82) is 0 Å². The molecular weight excluding hydrogens is 278 g/mol. The van der Waals surface area contributed by atoms with Crippen molar-refractivity contribution < 1.29 is 13.2 Å². The first-order valence-electron chi connectivity index (χ1n) is 5.79. The zero-order valence-electron chi connectivity index (χ0n) is 10.9. The molecule has 1 aliphatic rings. The summed E-state index contributed by atoms with van der Waals surface area (Å²) in [5, 5.41) is -0.521. The Morgan fingerprint density at radius 1 is 1.39 bits per heavy atom. The molecule has 1 unspecified atom stereocenters. The number of halogens is 1. The second kappa shape index (κ2) is 6.70. The molecule has 1 rings (SSSR count). The summed E-state index contributed by atoms with van der Waals surface area (Å²) in [5.41, 5.74) is 5.49. The molecule has 0 aromatic carbocycles. The third-order valence-electron chi connectivity index (χ3n) is 2.69. The number of nitrogens with one attached hydrogen (secondary N) is 1. The predicted octanol–water partition coefficient (Wildman–Crippen LogP) is -0.316. The average molecular weight is 300 g/mol. The highest BCUT2D eigenvalue weighted by atomic mass is 35.5. The van der Waals surface area contributed by atoms with Crippen molar-refractivity contribution in [2.24, 2.45) is 5.73 Å². The molecule has 0 bridgehead atoms. The van der Waals surface area contributed by atoms with Gasteiger partial charge in [0, 0.05) is 19.1 Å². The van der Waals surface area contributed by atoms with E-state index in [4.69, 9.17) is 5.73 Å². The van der Waals surface area contributed by atoms with Crippen LogP contribution in [0.5, 0.6) is 0 Å². The summed E-state index contributed by atoms with van der Waals surface area (Å²) in [6.45, 7) is 5.86. The van der Waals surface area contributed by atoms with Crippen molar-refractivity contribution in [2.75, 3.05) is 13.1 Å². The number of amides is 1. The molecule has 0 radical (unpaired) electrons. The summed E-state index contributed by atoms with van der Waals surface area (Å²) < 4.78 is 26.4. The van der Waals surface area contributed by atoms with Crippen LogP contribution in [0.15, 0.2) is 0 Å². The minimum absolute atomic E-state index is 0. The second-order valence-electron chi connectivity index (χ2n) is 4.80. The van der Waals surface area contributed by atoms with Gasteiger partial charge in [-0.05, 0) is 27.2 Å². The highest BCUT2D eigenvalue weighted by molar-refractivity contribution is 7.90. The monoisotopic (exact) mass is 299 g/mol. The van der Waals surface area contributed by atoms with Crippen molar-refractivity contribution in [3.63, 3.8) is 0 Å². The van der Waals surface area contributed by atoms with Crippen molar-refractivity contribution >= 4 is 28.3 Å². The first-order chi connectivity index (χ1) is 7.74. The van der Waals surface area contributed by atoms with Gasteiger partial charge in [-0.15, -0.1) is 12.4 Å². The van der Waals surface area contributed by atoms with Crippen LogP contribution in [0.1, 0.15) is 27.2 Å². The van der Waals surface area contributed by atoms with Crippen molar-refractivity contribution in [3.8, 4) is 0 Å². The maximum absolute atomic E-state index is 11.9. The normalized spacial score (nSPS) is 21.8. The lowest BCUT2D eigenvalue weighted by molar-refractivity contribution is -0.131. The number of nitrogens with zero attached hydrogens (tertiary/aromatic N) is 1. The number of hydrogen-bond acceptors (Lipinski definition) is 4. The lowest BCUT2D eigenvalue weighted by atomic mass is 10.3. The van der Waals surface area contributed by atoms with Crippen molar-refractivity contribution in [1.82, 2.24) is 9.62 Å². The van der Waals surface area contributed by atoms with Crippen LogP contribution in [0.3, 0.4) is 0 Å². The van der Waals surface area contributed by atoms with Gasteiger partial charge in [0.25, 0.3) is 0 Å². The van der Waals surface area contributed by atoms with E-state index in [1.807, 2.05) is 0 Å². The Labute approximate surface area is 115 Å². The smallest absolute Gasteiger partial charge is 0.239 e. The third kappa shape index (κ3) is 4.38. The van der Waals surface area contributed by atoms with Gasteiger partial charge >= 0.3 is 0 Å². The molecule has 1 heterocycles. The van der Waals surface area contributed by atoms with Crippen LogP contribution >= 0.6 is 12.4 Å². The Morgan fingerprint density at radius 3 is 2.39 bits per heavy atom. The van der Waals surface area contributed by atoms with Gasteiger partial charge in [-0.2, -0.15) is 0 Å². The summed E-state index contributed by atoms with van der Waals surface area (Å²) in [4.78, 5) is 13.1. The third-order valence-corrected chi connectivity index (χ3v) is 4.75. The van der Waals surface area contributed by atoms with Crippen LogP contribution in [0.4, 0.5) is 0 Å². The number of nitrogens with two attached hydrogens (primary N) is 1. The number of sulfonamides is 1. The van der Waals surface area contributed by atoms with E-state index in [1.165, 1.54) is 4.90 Å². The molecule has 1 fully saturated rings. The molecule has 0 spiro atoms. The van der Waals surface area contributed by atoms with E-state index in [-0.39, 0.29) is 30.9 Å². The molecule has 2 atom stereocenters. The molecule has 1 amide bonds. The Morgan fingerprint density at radius 2 is 1.94 bits per heavy atom. The van der Waals surface area contributed by atoms with Gasteiger partial charge in [-0.1, -0.05) is 0 Å². The molecule has 0 aromatic heterocycles. The molecule has 18 heavy (non-hydrogen) atoms. The minimum Gasteiger partial charge on any atom is -0.340 e. The lowest BCUT2D eigenvalue weighted by Crippen LogP contribution is -2.43. The first kappa shape index (κ1) is 17.6. The van der Waals surface area contributed by atoms with E-state index in [0.717, 1.165) is 0 Å². The number of likely N-dealkylation sites (tertiary alicyclic amines) is 1. The maximum atomic E-state index is 11.9. The van der Waals surface area contributed by atoms with E-state index in [1.54, 1.807) is 20.8 Å². The summed E-state index contributed by atoms with van der Waals surface area (Å²) in [5.74, 6) is -0.188. The van der Waals surface area contributed by atoms with Gasteiger partial charge in [0.2, 0.25) is 15.9 Å². The molecule has 8 heteroatoms. The van der Waals surface area contributed by atoms with Crippen LogP contribution < -0.4 is 10.5 Å². The number of hydrogen-bond donors (Lipinski definition) is 2. The Hall–Kier alpha value is -0.370. The van der Waals surface area contributed by atoms with Crippen LogP contribution in [-0.2, 0) is 14.8 Å². The van der Waals surface area contributed by atoms with Crippen LogP contribution in [0.25, 0.3) is 0 Å². The molecular formula is C10H22ClN3O3S. The fourth-order valence-electron chi connectivity index (χ4n) is 1.89. The van der Waals surface area contributed by atoms with E-state index >= 15 is 0 Å². The highest BCUT2D eigenvalue weighted by Gasteiger charge is 2.35. The molecule has 1 saturated heterocycles. The zero-order valence-corrected chi connectivity index (χ0v) is 12.6. The largest absolute Gasteiger partial charge is 0.340 e. The van der Waals surface area contributed by atoms with E-state index < -0.39 is 21.3 Å². The Kier molecular flexibility index (Phi) is 6.56. The van der Waals surface area contributed by atoms with Gasteiger partial charge in [0.1, 0.15) is 0 Å². The molecule has 6 nitrogen and oxygen atoms in total. The fraction of sp³-hybridized carbons (Fsp3) is 0.900. The Balaban J connectivity index is 0.00000289. The Bertz CT molecular complexity index is 384. The van der Waals surface area contributed by atoms with Gasteiger partial charge in [0.15, 0.2) is 0 Å². The van der Waals surface area contributed by atoms with E-state index in [0.29, 0.717) is 13.0 Å². The molecule has 0 saturated carbocycles. The second-order valence-corrected chi connectivity index (χ2v) is 6.79. The van der Waals surface area contributed by atoms with Crippen molar-refractivity contribution in [3.05, 3.63) is 0 Å². The number of carbonyl (C=O) groups excluding carboxylic acids is 1. The standard InChI is InChI=1S/C10H21N3O3S.ClH/c1-7(2)12-17(15,16)9-4-5-13(6-9)10(14)8(3)11;/h7-9,12H,4-6,11H2,1-3H3;1H/t8-,9?;/m1./s1. The average Bonchev–Trinajstić information content (AvgIpc) is 2.63. The zero-order chi connectivity index (χ0) is 13.2. The van der Waals surface area contributed by atoms with E-state index in [9.17, 15) is 13.2 Å². The molecule has 1 aliphatic heterocycles. The first-order valence-corrected chi connectivity index (χ1v) is 7.34. The number of rotatable bonds is 4. The van der Waals surface area contributed by atoms with Gasteiger partial charge in [-0.3, -0.25) is 4.79 Å². The molecule has 108 valence electrons. The van der Waals surface area contributed by atoms with Crippen LogP contribution in [0.2, 0.25) is 0 Å². The van der Waals surface area contributed by atoms with Gasteiger partial charge in [0.05, 0.1) is 11.3 Å². The predicted molar refractivity (Wildman–Crippen MR) is 73.1 cm³/mol. The molecule has 0 aromatic rings. The molecule has 0 aliphatic carbocycles. The van der Waals surface area contributed by atoms with E-state index in [2.05, 4.69) is 4.72 Å². The van der Waals surface area contributed by atoms with Gasteiger partial charge < -0.3 is 10.6 Å². The minimum atomic E-state index is -3.34. The van der Waals surface area contributed by atoms with Crippen LogP contribution in [-0.4, -0.2) is 49.6 Å². The number of carbonyl (C=O) groups is 1. The highest BCUT2D eigenvalue weighted by Crippen LogP contribution is 2.17. The fourth-order valence-corrected chi connectivity index (χ4v) is 3.54. The summed E-state index contributed by atoms with van der Waals surface area (Å²) >= 11 is 0. The van der Waals surface area contributed by atoms with Gasteiger partial charge in [-0.25, -0.2) is 13.1 Å². The quantitative estimate of drug-likeness (QED) is 0.744. The topological polar surface area (TPSA) is 92.5 Å². The van der Waals surface area contributed by atoms with Crippen molar-refractivity contribution in [2.45, 2.75) is 44.5 Å².